The SMILES string of the molecule is CSC(C)(C)CNS(=O)(=O)c1c(CNC(C)C)n[nH]c1C. The molecule has 0 aromatic carbocycles. The van der Waals surface area contributed by atoms with Gasteiger partial charge in [-0.2, -0.15) is 16.9 Å². The maximum Gasteiger partial charge on any atom is 0.244 e. The van der Waals surface area contributed by atoms with E-state index in [1.54, 1.807) is 18.7 Å². The molecule has 1 heterocycles. The fraction of sp³-hybridized carbons (Fsp3) is 0.769. The molecule has 0 saturated heterocycles. The van der Waals surface area contributed by atoms with Crippen LogP contribution in [0.5, 0.6) is 0 Å². The van der Waals surface area contributed by atoms with E-state index in [1.807, 2.05) is 34.0 Å². The second-order valence-electron chi connectivity index (χ2n) is 5.95. The molecule has 1 rings (SSSR count). The Hall–Kier alpha value is -0.570. The van der Waals surface area contributed by atoms with E-state index >= 15 is 0 Å². The summed E-state index contributed by atoms with van der Waals surface area (Å²) in [6.07, 6.45) is 1.97. The zero-order chi connectivity index (χ0) is 16.3. The van der Waals surface area contributed by atoms with Crippen molar-refractivity contribution in [3.63, 3.8) is 0 Å². The van der Waals surface area contributed by atoms with Gasteiger partial charge in [0.15, 0.2) is 0 Å². The highest BCUT2D eigenvalue weighted by atomic mass is 32.2. The highest BCUT2D eigenvalue weighted by Gasteiger charge is 2.26. The second-order valence-corrected chi connectivity index (χ2v) is 9.17. The number of hydrogen-bond acceptors (Lipinski definition) is 5. The third kappa shape index (κ3) is 5.28. The zero-order valence-electron chi connectivity index (χ0n) is 13.6. The van der Waals surface area contributed by atoms with Crippen molar-refractivity contribution in [1.29, 1.82) is 0 Å². The van der Waals surface area contributed by atoms with Crippen molar-refractivity contribution in [2.24, 2.45) is 0 Å². The Balaban J connectivity index is 2.95. The number of aromatic amines is 1. The van der Waals surface area contributed by atoms with Gasteiger partial charge in [0.25, 0.3) is 0 Å². The molecule has 0 unspecified atom stereocenters. The van der Waals surface area contributed by atoms with E-state index in [0.29, 0.717) is 24.5 Å². The fourth-order valence-electron chi connectivity index (χ4n) is 1.66. The van der Waals surface area contributed by atoms with Crippen LogP contribution in [0.1, 0.15) is 39.1 Å². The molecule has 0 spiro atoms. The van der Waals surface area contributed by atoms with Crippen LogP contribution in [0, 0.1) is 6.92 Å². The van der Waals surface area contributed by atoms with Crippen molar-refractivity contribution < 1.29 is 8.42 Å². The number of rotatable bonds is 8. The first-order chi connectivity index (χ1) is 9.59. The molecule has 21 heavy (non-hydrogen) atoms. The van der Waals surface area contributed by atoms with Gasteiger partial charge in [-0.25, -0.2) is 13.1 Å². The van der Waals surface area contributed by atoms with Crippen molar-refractivity contribution in [3.05, 3.63) is 11.4 Å². The van der Waals surface area contributed by atoms with E-state index in [9.17, 15) is 8.42 Å². The van der Waals surface area contributed by atoms with Crippen LogP contribution in [0.25, 0.3) is 0 Å². The van der Waals surface area contributed by atoms with Gasteiger partial charge in [-0.15, -0.1) is 0 Å². The van der Waals surface area contributed by atoms with Crippen LogP contribution in [0.15, 0.2) is 4.90 Å². The van der Waals surface area contributed by atoms with E-state index in [-0.39, 0.29) is 15.7 Å². The summed E-state index contributed by atoms with van der Waals surface area (Å²) in [6, 6.07) is 0.265. The summed E-state index contributed by atoms with van der Waals surface area (Å²) >= 11 is 1.62. The Morgan fingerprint density at radius 3 is 2.52 bits per heavy atom. The van der Waals surface area contributed by atoms with Gasteiger partial charge in [-0.3, -0.25) is 5.10 Å². The standard InChI is InChI=1S/C13H26N4O2S2/c1-9(2)14-7-11-12(10(3)16-17-11)21(18,19)15-8-13(4,5)20-6/h9,14-15H,7-8H2,1-6H3,(H,16,17). The molecule has 0 atom stereocenters. The molecule has 0 saturated carbocycles. The summed E-state index contributed by atoms with van der Waals surface area (Å²) < 4.78 is 27.6. The van der Waals surface area contributed by atoms with Gasteiger partial charge in [-0.05, 0) is 27.0 Å². The normalized spacial score (nSPS) is 13.1. The molecule has 0 aliphatic heterocycles. The van der Waals surface area contributed by atoms with Gasteiger partial charge in [0.2, 0.25) is 10.0 Å². The quantitative estimate of drug-likeness (QED) is 0.673. The van der Waals surface area contributed by atoms with Crippen molar-refractivity contribution in [1.82, 2.24) is 20.2 Å². The van der Waals surface area contributed by atoms with Crippen LogP contribution in [0.4, 0.5) is 0 Å². The average Bonchev–Trinajstić information content (AvgIpc) is 2.76. The number of thioether (sulfide) groups is 1. The molecule has 0 fully saturated rings. The third-order valence-corrected chi connectivity index (χ3v) is 6.00. The lowest BCUT2D eigenvalue weighted by molar-refractivity contribution is 0.558. The number of aryl methyl sites for hydroxylation is 1. The van der Waals surface area contributed by atoms with Crippen molar-refractivity contribution in [2.45, 2.75) is 56.8 Å². The number of aromatic nitrogens is 2. The van der Waals surface area contributed by atoms with Gasteiger partial charge < -0.3 is 5.32 Å². The molecule has 0 bridgehead atoms. The molecule has 8 heteroatoms. The Labute approximate surface area is 131 Å². The predicted octanol–water partition coefficient (Wildman–Crippen LogP) is 1.64. The van der Waals surface area contributed by atoms with Crippen LogP contribution in [-0.2, 0) is 16.6 Å². The molecule has 1 aromatic heterocycles. The van der Waals surface area contributed by atoms with Gasteiger partial charge in [0.05, 0.1) is 11.4 Å². The van der Waals surface area contributed by atoms with E-state index in [2.05, 4.69) is 20.2 Å². The summed E-state index contributed by atoms with van der Waals surface area (Å²) in [5.74, 6) is 0. The molecule has 6 nitrogen and oxygen atoms in total. The first-order valence-electron chi connectivity index (χ1n) is 6.91. The van der Waals surface area contributed by atoms with Crippen LogP contribution >= 0.6 is 11.8 Å². The highest BCUT2D eigenvalue weighted by molar-refractivity contribution is 8.00. The van der Waals surface area contributed by atoms with Crippen LogP contribution in [-0.4, -0.2) is 42.2 Å². The Morgan fingerprint density at radius 1 is 1.38 bits per heavy atom. The lowest BCUT2D eigenvalue weighted by Gasteiger charge is -2.22. The molecular formula is C13H26N4O2S2. The topological polar surface area (TPSA) is 86.9 Å². The van der Waals surface area contributed by atoms with Crippen molar-refractivity contribution in [3.8, 4) is 0 Å². The van der Waals surface area contributed by atoms with Crippen molar-refractivity contribution in [2.75, 3.05) is 12.8 Å². The van der Waals surface area contributed by atoms with Crippen LogP contribution < -0.4 is 10.0 Å². The molecule has 3 N–H and O–H groups in total. The minimum Gasteiger partial charge on any atom is -0.309 e. The average molecular weight is 335 g/mol. The van der Waals surface area contributed by atoms with E-state index in [1.165, 1.54) is 0 Å². The molecule has 0 amide bonds. The van der Waals surface area contributed by atoms with Crippen LogP contribution in [0.3, 0.4) is 0 Å². The monoisotopic (exact) mass is 334 g/mol. The van der Waals surface area contributed by atoms with Gasteiger partial charge in [-0.1, -0.05) is 13.8 Å². The lowest BCUT2D eigenvalue weighted by atomic mass is 10.2. The lowest BCUT2D eigenvalue weighted by Crippen LogP contribution is -2.36. The second kappa shape index (κ2) is 7.13. The maximum atomic E-state index is 12.5. The van der Waals surface area contributed by atoms with E-state index < -0.39 is 10.0 Å². The summed E-state index contributed by atoms with van der Waals surface area (Å²) in [6.45, 7) is 10.5. The van der Waals surface area contributed by atoms with Crippen LogP contribution in [0.2, 0.25) is 0 Å². The molecule has 122 valence electrons. The Morgan fingerprint density at radius 2 is 2.00 bits per heavy atom. The van der Waals surface area contributed by atoms with Gasteiger partial charge >= 0.3 is 0 Å². The molecule has 0 radical (unpaired) electrons. The summed E-state index contributed by atoms with van der Waals surface area (Å²) in [7, 11) is -3.57. The third-order valence-electron chi connectivity index (χ3n) is 3.15. The predicted molar refractivity (Wildman–Crippen MR) is 88.1 cm³/mol. The Bertz CT molecular complexity index is 565. The summed E-state index contributed by atoms with van der Waals surface area (Å²) in [5, 5.41) is 10.1. The Kier molecular flexibility index (Phi) is 6.27. The molecule has 0 aliphatic rings. The fourth-order valence-corrected chi connectivity index (χ4v) is 3.54. The minimum absolute atomic E-state index is 0.152. The maximum absolute atomic E-state index is 12.5. The smallest absolute Gasteiger partial charge is 0.244 e. The molecule has 1 aromatic rings. The number of nitrogens with one attached hydrogen (secondary N) is 3. The zero-order valence-corrected chi connectivity index (χ0v) is 15.2. The largest absolute Gasteiger partial charge is 0.309 e. The number of hydrogen-bond donors (Lipinski definition) is 3. The van der Waals surface area contributed by atoms with Gasteiger partial charge in [0, 0.05) is 23.9 Å². The minimum atomic E-state index is -3.57. The first kappa shape index (κ1) is 18.5. The molecule has 0 aliphatic carbocycles. The van der Waals surface area contributed by atoms with E-state index in [4.69, 9.17) is 0 Å². The number of nitrogens with zero attached hydrogens (tertiary/aromatic N) is 1. The summed E-state index contributed by atoms with van der Waals surface area (Å²) in [5.41, 5.74) is 1.08. The van der Waals surface area contributed by atoms with Gasteiger partial charge in [0.1, 0.15) is 4.90 Å². The summed E-state index contributed by atoms with van der Waals surface area (Å²) in [4.78, 5) is 0.257. The number of H-pyrrole nitrogens is 1. The highest BCUT2D eigenvalue weighted by Crippen LogP contribution is 2.22. The first-order valence-corrected chi connectivity index (χ1v) is 9.62. The number of sulfonamides is 1. The van der Waals surface area contributed by atoms with Crippen molar-refractivity contribution >= 4 is 21.8 Å². The van der Waals surface area contributed by atoms with E-state index in [0.717, 1.165) is 0 Å². The molecular weight excluding hydrogens is 308 g/mol.